The molecular formula is C18H27N3O. The molecule has 2 aliphatic rings. The molecule has 1 aromatic carbocycles. The Labute approximate surface area is 133 Å². The number of likely N-dealkylation sites (tertiary alicyclic amines) is 1. The van der Waals surface area contributed by atoms with Crippen LogP contribution in [0.1, 0.15) is 5.56 Å². The van der Waals surface area contributed by atoms with Crippen LogP contribution in [-0.4, -0.2) is 84.8 Å². The van der Waals surface area contributed by atoms with Crippen molar-refractivity contribution in [2.24, 2.45) is 0 Å². The maximum absolute atomic E-state index is 10.4. The molecule has 4 heteroatoms. The summed E-state index contributed by atoms with van der Waals surface area (Å²) in [4.78, 5) is 7.18. The van der Waals surface area contributed by atoms with Gasteiger partial charge in [-0.1, -0.05) is 42.5 Å². The Hall–Kier alpha value is -1.20. The van der Waals surface area contributed by atoms with E-state index >= 15 is 0 Å². The van der Waals surface area contributed by atoms with Crippen molar-refractivity contribution in [1.82, 2.24) is 14.7 Å². The predicted octanol–water partition coefficient (Wildman–Crippen LogP) is 0.992. The lowest BCUT2D eigenvalue weighted by Gasteiger charge is -2.37. The highest BCUT2D eigenvalue weighted by atomic mass is 16.3. The second kappa shape index (κ2) is 7.38. The van der Waals surface area contributed by atoms with Crippen LogP contribution in [0.4, 0.5) is 0 Å². The topological polar surface area (TPSA) is 30.0 Å². The largest absolute Gasteiger partial charge is 0.390 e. The highest BCUT2D eigenvalue weighted by Crippen LogP contribution is 2.18. The van der Waals surface area contributed by atoms with Crippen molar-refractivity contribution in [1.29, 1.82) is 0 Å². The molecule has 3 rings (SSSR count). The molecule has 1 aromatic rings. The Kier molecular flexibility index (Phi) is 5.26. The maximum Gasteiger partial charge on any atom is 0.0834 e. The highest BCUT2D eigenvalue weighted by Gasteiger charge is 2.35. The van der Waals surface area contributed by atoms with E-state index in [4.69, 9.17) is 0 Å². The van der Waals surface area contributed by atoms with E-state index in [1.807, 2.05) is 6.07 Å². The van der Waals surface area contributed by atoms with Crippen molar-refractivity contribution in [2.45, 2.75) is 12.1 Å². The number of hydrogen-bond acceptors (Lipinski definition) is 4. The third-order valence-electron chi connectivity index (χ3n) is 4.82. The molecule has 0 aromatic heterocycles. The number of aliphatic hydroxyl groups is 1. The fourth-order valence-corrected chi connectivity index (χ4v) is 3.41. The van der Waals surface area contributed by atoms with E-state index in [1.54, 1.807) is 0 Å². The van der Waals surface area contributed by atoms with Crippen LogP contribution in [0.3, 0.4) is 0 Å². The van der Waals surface area contributed by atoms with Crippen LogP contribution >= 0.6 is 0 Å². The summed E-state index contributed by atoms with van der Waals surface area (Å²) < 4.78 is 0. The average Bonchev–Trinajstić information content (AvgIpc) is 2.90. The Balaban J connectivity index is 1.49. The van der Waals surface area contributed by atoms with Crippen LogP contribution < -0.4 is 0 Å². The van der Waals surface area contributed by atoms with Gasteiger partial charge in [-0.3, -0.25) is 9.80 Å². The quantitative estimate of drug-likeness (QED) is 0.898. The number of nitrogens with zero attached hydrogens (tertiary/aromatic N) is 3. The van der Waals surface area contributed by atoms with E-state index < -0.39 is 0 Å². The number of hydrogen-bond donors (Lipinski definition) is 1. The molecule has 0 spiro atoms. The van der Waals surface area contributed by atoms with Gasteiger partial charge in [0.05, 0.1) is 6.10 Å². The molecule has 22 heavy (non-hydrogen) atoms. The van der Waals surface area contributed by atoms with E-state index in [1.165, 1.54) is 5.56 Å². The molecule has 0 bridgehead atoms. The van der Waals surface area contributed by atoms with Crippen molar-refractivity contribution in [3.8, 4) is 0 Å². The van der Waals surface area contributed by atoms with Gasteiger partial charge >= 0.3 is 0 Å². The summed E-state index contributed by atoms with van der Waals surface area (Å²) in [7, 11) is 2.17. The number of aliphatic hydroxyl groups excluding tert-OH is 1. The van der Waals surface area contributed by atoms with Crippen LogP contribution in [0.15, 0.2) is 36.4 Å². The summed E-state index contributed by atoms with van der Waals surface area (Å²) >= 11 is 0. The summed E-state index contributed by atoms with van der Waals surface area (Å²) in [5.74, 6) is 0. The van der Waals surface area contributed by atoms with Gasteiger partial charge in [-0.25, -0.2) is 0 Å². The summed E-state index contributed by atoms with van der Waals surface area (Å²) in [5, 5.41) is 10.4. The standard InChI is InChI=1S/C18H27N3O/c1-19-10-12-21(13-11-19)17-14-20(15-18(17)22)9-5-8-16-6-3-2-4-7-16/h2-8,17-18,22H,9-15H2,1H3/b8-5+/t17-,18-/m1/s1. The smallest absolute Gasteiger partial charge is 0.0834 e. The van der Waals surface area contributed by atoms with E-state index in [9.17, 15) is 5.11 Å². The molecule has 2 atom stereocenters. The Morgan fingerprint density at radius 2 is 1.82 bits per heavy atom. The van der Waals surface area contributed by atoms with Crippen molar-refractivity contribution < 1.29 is 5.11 Å². The minimum absolute atomic E-state index is 0.214. The summed E-state index contributed by atoms with van der Waals surface area (Å²) in [5.41, 5.74) is 1.23. The molecule has 120 valence electrons. The van der Waals surface area contributed by atoms with Gasteiger partial charge in [0.1, 0.15) is 0 Å². The zero-order valence-corrected chi connectivity index (χ0v) is 13.4. The Morgan fingerprint density at radius 1 is 1.09 bits per heavy atom. The molecule has 0 saturated carbocycles. The Bertz CT molecular complexity index is 482. The SMILES string of the molecule is CN1CCN([C@@H]2CN(C/C=C/c3ccccc3)C[C@H]2O)CC1. The van der Waals surface area contributed by atoms with Crippen LogP contribution in [0.2, 0.25) is 0 Å². The second-order valence-corrected chi connectivity index (χ2v) is 6.51. The minimum Gasteiger partial charge on any atom is -0.390 e. The fourth-order valence-electron chi connectivity index (χ4n) is 3.41. The van der Waals surface area contributed by atoms with Crippen molar-refractivity contribution in [2.75, 3.05) is 52.9 Å². The molecule has 2 aliphatic heterocycles. The van der Waals surface area contributed by atoms with E-state index in [-0.39, 0.29) is 6.10 Å². The molecule has 1 N–H and O–H groups in total. The van der Waals surface area contributed by atoms with Gasteiger partial charge in [0.15, 0.2) is 0 Å². The number of piperazine rings is 1. The number of rotatable bonds is 4. The fraction of sp³-hybridized carbons (Fsp3) is 0.556. The van der Waals surface area contributed by atoms with E-state index in [2.05, 4.69) is 58.2 Å². The lowest BCUT2D eigenvalue weighted by molar-refractivity contribution is 0.0512. The average molecular weight is 301 g/mol. The van der Waals surface area contributed by atoms with Crippen molar-refractivity contribution in [3.05, 3.63) is 42.0 Å². The first-order chi connectivity index (χ1) is 10.7. The van der Waals surface area contributed by atoms with Gasteiger partial charge in [-0.2, -0.15) is 0 Å². The minimum atomic E-state index is -0.214. The second-order valence-electron chi connectivity index (χ2n) is 6.51. The lowest BCUT2D eigenvalue weighted by Crippen LogP contribution is -2.52. The van der Waals surface area contributed by atoms with Crippen LogP contribution in [0, 0.1) is 0 Å². The summed E-state index contributed by atoms with van der Waals surface area (Å²) in [6.45, 7) is 7.04. The summed E-state index contributed by atoms with van der Waals surface area (Å²) in [6.07, 6.45) is 4.15. The molecule has 0 unspecified atom stereocenters. The monoisotopic (exact) mass is 301 g/mol. The zero-order chi connectivity index (χ0) is 15.4. The molecular weight excluding hydrogens is 274 g/mol. The van der Waals surface area contributed by atoms with Gasteiger partial charge in [0.25, 0.3) is 0 Å². The third kappa shape index (κ3) is 3.96. The number of benzene rings is 1. The van der Waals surface area contributed by atoms with Crippen LogP contribution in [-0.2, 0) is 0 Å². The van der Waals surface area contributed by atoms with Crippen molar-refractivity contribution >= 4 is 6.08 Å². The number of likely N-dealkylation sites (N-methyl/N-ethyl adjacent to an activating group) is 1. The van der Waals surface area contributed by atoms with E-state index in [0.29, 0.717) is 6.04 Å². The van der Waals surface area contributed by atoms with Gasteiger partial charge < -0.3 is 10.0 Å². The molecule has 2 fully saturated rings. The first-order valence-corrected chi connectivity index (χ1v) is 8.27. The molecule has 0 radical (unpaired) electrons. The van der Waals surface area contributed by atoms with Crippen LogP contribution in [0.25, 0.3) is 6.08 Å². The Morgan fingerprint density at radius 3 is 2.55 bits per heavy atom. The van der Waals surface area contributed by atoms with Crippen molar-refractivity contribution in [3.63, 3.8) is 0 Å². The van der Waals surface area contributed by atoms with Gasteiger partial charge in [0.2, 0.25) is 0 Å². The van der Waals surface area contributed by atoms with Gasteiger partial charge in [-0.15, -0.1) is 0 Å². The van der Waals surface area contributed by atoms with Crippen LogP contribution in [0.5, 0.6) is 0 Å². The maximum atomic E-state index is 10.4. The molecule has 0 aliphatic carbocycles. The first-order valence-electron chi connectivity index (χ1n) is 8.27. The normalized spacial score (nSPS) is 28.6. The molecule has 0 amide bonds. The lowest BCUT2D eigenvalue weighted by atomic mass is 10.1. The predicted molar refractivity (Wildman–Crippen MR) is 90.8 cm³/mol. The molecule has 2 saturated heterocycles. The summed E-state index contributed by atoms with van der Waals surface area (Å²) in [6, 6.07) is 10.7. The van der Waals surface area contributed by atoms with Gasteiger partial charge in [-0.05, 0) is 12.6 Å². The number of β-amino-alcohol motifs (C(OH)–C–C–N with tert-alkyl or cyclic N) is 1. The van der Waals surface area contributed by atoms with Gasteiger partial charge in [0, 0.05) is 51.9 Å². The highest BCUT2D eigenvalue weighted by molar-refractivity contribution is 5.48. The molecule has 2 heterocycles. The third-order valence-corrected chi connectivity index (χ3v) is 4.82. The molecule has 4 nitrogen and oxygen atoms in total. The van der Waals surface area contributed by atoms with E-state index in [0.717, 1.165) is 45.8 Å². The first kappa shape index (κ1) is 15.7. The zero-order valence-electron chi connectivity index (χ0n) is 13.4.